The number of hydrogen-bond donors (Lipinski definition) is 2. The van der Waals surface area contributed by atoms with Gasteiger partial charge in [0.1, 0.15) is 0 Å². The zero-order valence-corrected chi connectivity index (χ0v) is 12.9. The maximum absolute atomic E-state index is 12.1. The topological polar surface area (TPSA) is 84.0 Å². The van der Waals surface area contributed by atoms with Gasteiger partial charge in [-0.25, -0.2) is 0 Å². The highest BCUT2D eigenvalue weighted by Gasteiger charge is 2.23. The van der Waals surface area contributed by atoms with Gasteiger partial charge in [-0.1, -0.05) is 4.49 Å². The van der Waals surface area contributed by atoms with Crippen molar-refractivity contribution in [1.29, 1.82) is 0 Å². The number of aromatic nitrogens is 2. The number of rotatable bonds is 5. The summed E-state index contributed by atoms with van der Waals surface area (Å²) in [5, 5.41) is 9.64. The molecule has 0 unspecified atom stereocenters. The molecule has 1 saturated carbocycles. The number of nitrogens with one attached hydrogen (secondary N) is 2. The van der Waals surface area contributed by atoms with Gasteiger partial charge in [0.25, 0.3) is 11.8 Å². The third-order valence-electron chi connectivity index (χ3n) is 3.48. The van der Waals surface area contributed by atoms with E-state index >= 15 is 0 Å². The summed E-state index contributed by atoms with van der Waals surface area (Å²) in [6, 6.07) is 6.99. The molecular formula is C15H16N4O2S. The summed E-state index contributed by atoms with van der Waals surface area (Å²) < 4.78 is 3.83. The van der Waals surface area contributed by atoms with Crippen molar-refractivity contribution in [2.45, 2.75) is 32.4 Å². The lowest BCUT2D eigenvalue weighted by atomic mass is 10.1. The van der Waals surface area contributed by atoms with E-state index in [1.165, 1.54) is 11.5 Å². The lowest BCUT2D eigenvalue weighted by molar-refractivity contribution is 0.0939. The van der Waals surface area contributed by atoms with Crippen molar-refractivity contribution in [1.82, 2.24) is 20.2 Å². The SMILES string of the molecule is Cc1nnsc1CNC(=O)c1ccc(C(=O)NC2CC2)cc1. The molecule has 1 heterocycles. The van der Waals surface area contributed by atoms with E-state index in [9.17, 15) is 9.59 Å². The molecule has 2 aromatic rings. The highest BCUT2D eigenvalue weighted by molar-refractivity contribution is 7.05. The van der Waals surface area contributed by atoms with Gasteiger partial charge in [0.05, 0.1) is 17.1 Å². The van der Waals surface area contributed by atoms with Gasteiger partial charge in [0.2, 0.25) is 0 Å². The third kappa shape index (κ3) is 3.48. The number of aryl methyl sites for hydroxylation is 1. The van der Waals surface area contributed by atoms with E-state index in [0.29, 0.717) is 23.7 Å². The van der Waals surface area contributed by atoms with Crippen molar-refractivity contribution < 1.29 is 9.59 Å². The Labute approximate surface area is 132 Å². The standard InChI is InChI=1S/C15H16N4O2S/c1-9-13(22-19-18-9)8-16-14(20)10-2-4-11(5-3-10)15(21)17-12-6-7-12/h2-5,12H,6-8H2,1H3,(H,16,20)(H,17,21). The number of carbonyl (C=O) groups is 2. The Morgan fingerprint density at radius 1 is 1.18 bits per heavy atom. The Morgan fingerprint density at radius 2 is 1.82 bits per heavy atom. The van der Waals surface area contributed by atoms with Crippen LogP contribution in [0.25, 0.3) is 0 Å². The summed E-state index contributed by atoms with van der Waals surface area (Å²) in [5.74, 6) is -0.261. The summed E-state index contributed by atoms with van der Waals surface area (Å²) in [6.45, 7) is 2.27. The lowest BCUT2D eigenvalue weighted by Crippen LogP contribution is -2.26. The van der Waals surface area contributed by atoms with Crippen LogP contribution in [0.4, 0.5) is 0 Å². The smallest absolute Gasteiger partial charge is 0.251 e. The fourth-order valence-corrected chi connectivity index (χ4v) is 2.52. The molecular weight excluding hydrogens is 300 g/mol. The Morgan fingerprint density at radius 3 is 2.36 bits per heavy atom. The van der Waals surface area contributed by atoms with Crippen LogP contribution in [0, 0.1) is 6.92 Å². The molecule has 22 heavy (non-hydrogen) atoms. The molecule has 0 spiro atoms. The maximum atomic E-state index is 12.1. The molecule has 1 aromatic heterocycles. The van der Waals surface area contributed by atoms with Crippen LogP contribution in [0.15, 0.2) is 24.3 Å². The average Bonchev–Trinajstić information content (AvgIpc) is 3.25. The van der Waals surface area contributed by atoms with E-state index in [1.54, 1.807) is 24.3 Å². The second kappa shape index (κ2) is 6.23. The first-order valence-corrected chi connectivity index (χ1v) is 7.88. The van der Waals surface area contributed by atoms with Crippen LogP contribution >= 0.6 is 11.5 Å². The molecule has 1 aliphatic carbocycles. The van der Waals surface area contributed by atoms with Crippen LogP contribution in [0.5, 0.6) is 0 Å². The molecule has 0 radical (unpaired) electrons. The highest BCUT2D eigenvalue weighted by Crippen LogP contribution is 2.19. The Hall–Kier alpha value is -2.28. The van der Waals surface area contributed by atoms with Gasteiger partial charge < -0.3 is 10.6 Å². The first-order chi connectivity index (χ1) is 10.6. The first-order valence-electron chi connectivity index (χ1n) is 7.10. The molecule has 1 fully saturated rings. The van der Waals surface area contributed by atoms with Crippen LogP contribution < -0.4 is 10.6 Å². The fourth-order valence-electron chi connectivity index (χ4n) is 1.94. The van der Waals surface area contributed by atoms with Gasteiger partial charge in [-0.15, -0.1) is 5.10 Å². The van der Waals surface area contributed by atoms with Crippen molar-refractivity contribution in [3.8, 4) is 0 Å². The molecule has 0 atom stereocenters. The molecule has 0 saturated heterocycles. The lowest BCUT2D eigenvalue weighted by Gasteiger charge is -2.06. The molecule has 2 N–H and O–H groups in total. The summed E-state index contributed by atoms with van der Waals surface area (Å²) in [7, 11) is 0. The van der Waals surface area contributed by atoms with Crippen LogP contribution in [0.3, 0.4) is 0 Å². The fraction of sp³-hybridized carbons (Fsp3) is 0.333. The minimum Gasteiger partial charge on any atom is -0.349 e. The molecule has 6 nitrogen and oxygen atoms in total. The van der Waals surface area contributed by atoms with Crippen LogP contribution in [-0.4, -0.2) is 27.4 Å². The largest absolute Gasteiger partial charge is 0.349 e. The van der Waals surface area contributed by atoms with Gasteiger partial charge in [0, 0.05) is 17.2 Å². The zero-order chi connectivity index (χ0) is 15.5. The predicted molar refractivity (Wildman–Crippen MR) is 82.7 cm³/mol. The van der Waals surface area contributed by atoms with E-state index in [2.05, 4.69) is 20.2 Å². The van der Waals surface area contributed by atoms with Crippen molar-refractivity contribution in [2.75, 3.05) is 0 Å². The third-order valence-corrected chi connectivity index (χ3v) is 4.30. The number of hydrogen-bond acceptors (Lipinski definition) is 5. The number of benzene rings is 1. The molecule has 1 aliphatic rings. The van der Waals surface area contributed by atoms with E-state index in [0.717, 1.165) is 23.4 Å². The second-order valence-corrected chi connectivity index (χ2v) is 6.13. The van der Waals surface area contributed by atoms with Gasteiger partial charge in [-0.05, 0) is 55.6 Å². The van der Waals surface area contributed by atoms with Crippen molar-refractivity contribution >= 4 is 23.3 Å². The first kappa shape index (κ1) is 14.6. The van der Waals surface area contributed by atoms with Gasteiger partial charge in [-0.2, -0.15) is 0 Å². The van der Waals surface area contributed by atoms with Gasteiger partial charge >= 0.3 is 0 Å². The van der Waals surface area contributed by atoms with Crippen molar-refractivity contribution in [3.63, 3.8) is 0 Å². The molecule has 1 aromatic carbocycles. The van der Waals surface area contributed by atoms with E-state index in [4.69, 9.17) is 0 Å². The summed E-state index contributed by atoms with van der Waals surface area (Å²) in [5.41, 5.74) is 1.93. The van der Waals surface area contributed by atoms with E-state index in [-0.39, 0.29) is 11.8 Å². The number of amides is 2. The van der Waals surface area contributed by atoms with E-state index in [1.807, 2.05) is 6.92 Å². The second-order valence-electron chi connectivity index (χ2n) is 5.29. The van der Waals surface area contributed by atoms with Crippen LogP contribution in [0.2, 0.25) is 0 Å². The summed E-state index contributed by atoms with van der Waals surface area (Å²) in [4.78, 5) is 24.9. The normalized spacial score (nSPS) is 13.7. The van der Waals surface area contributed by atoms with E-state index < -0.39 is 0 Å². The maximum Gasteiger partial charge on any atom is 0.251 e. The highest BCUT2D eigenvalue weighted by atomic mass is 32.1. The van der Waals surface area contributed by atoms with Gasteiger partial charge in [0.15, 0.2) is 0 Å². The van der Waals surface area contributed by atoms with Crippen LogP contribution in [-0.2, 0) is 6.54 Å². The summed E-state index contributed by atoms with van der Waals surface area (Å²) in [6.07, 6.45) is 2.11. The Bertz CT molecular complexity index is 692. The Balaban J connectivity index is 1.58. The average molecular weight is 316 g/mol. The number of nitrogens with zero attached hydrogens (tertiary/aromatic N) is 2. The molecule has 114 valence electrons. The number of carbonyl (C=O) groups excluding carboxylic acids is 2. The molecule has 7 heteroatoms. The minimum atomic E-state index is -0.179. The molecule has 0 aliphatic heterocycles. The molecule has 0 bridgehead atoms. The summed E-state index contributed by atoms with van der Waals surface area (Å²) >= 11 is 1.28. The monoisotopic (exact) mass is 316 g/mol. The zero-order valence-electron chi connectivity index (χ0n) is 12.1. The van der Waals surface area contributed by atoms with Crippen LogP contribution in [0.1, 0.15) is 44.1 Å². The van der Waals surface area contributed by atoms with Crippen molar-refractivity contribution in [2.24, 2.45) is 0 Å². The molecule has 3 rings (SSSR count). The quantitative estimate of drug-likeness (QED) is 0.879. The Kier molecular flexibility index (Phi) is 4.15. The predicted octanol–water partition coefficient (Wildman–Crippen LogP) is 1.67. The van der Waals surface area contributed by atoms with Crippen molar-refractivity contribution in [3.05, 3.63) is 46.0 Å². The molecule has 2 amide bonds. The minimum absolute atomic E-state index is 0.0826. The van der Waals surface area contributed by atoms with Gasteiger partial charge in [-0.3, -0.25) is 9.59 Å².